The van der Waals surface area contributed by atoms with Gasteiger partial charge in [-0.25, -0.2) is 4.79 Å². The zero-order chi connectivity index (χ0) is 6.69. The number of pyridine rings is 1. The average Bonchev–Trinajstić information content (AvgIpc) is 1.90. The first-order valence-electron chi connectivity index (χ1n) is 2.44. The fraction of sp³-hybridized carbons (Fsp3) is 0. The van der Waals surface area contributed by atoms with Crippen molar-refractivity contribution < 1.29 is 9.90 Å². The van der Waals surface area contributed by atoms with Crippen LogP contribution in [-0.2, 0) is 0 Å². The predicted molar refractivity (Wildman–Crippen MR) is 38.3 cm³/mol. The monoisotopic (exact) mass is 163 g/mol. The summed E-state index contributed by atoms with van der Waals surface area (Å²) in [6.07, 6.45) is 2.90. The molecule has 0 fully saturated rings. The average molecular weight is 163 g/mol. The molecule has 0 aromatic carbocycles. The van der Waals surface area contributed by atoms with E-state index in [0.717, 1.165) is 0 Å². The molecule has 1 N–H and O–H groups in total. The molecule has 3 nitrogen and oxygen atoms in total. The van der Waals surface area contributed by atoms with E-state index >= 15 is 0 Å². The number of carbonyl (C=O) groups is 1. The predicted octanol–water partition coefficient (Wildman–Crippen LogP) is 0.131. The number of aromatic carboxylic acids is 1. The van der Waals surface area contributed by atoms with E-state index < -0.39 is 5.97 Å². The molecule has 0 aliphatic rings. The second kappa shape index (κ2) is 4.98. The quantitative estimate of drug-likeness (QED) is 0.599. The molecular formula is C6H6KNO2. The van der Waals surface area contributed by atoms with Gasteiger partial charge in [0, 0.05) is 12.4 Å². The van der Waals surface area contributed by atoms with Gasteiger partial charge >= 0.3 is 57.4 Å². The number of carboxylic acids is 1. The summed E-state index contributed by atoms with van der Waals surface area (Å²) in [4.78, 5) is 13.8. The van der Waals surface area contributed by atoms with Crippen molar-refractivity contribution in [2.45, 2.75) is 0 Å². The summed E-state index contributed by atoms with van der Waals surface area (Å²) < 4.78 is 0. The molecule has 0 radical (unpaired) electrons. The van der Waals surface area contributed by atoms with Gasteiger partial charge in [-0.2, -0.15) is 0 Å². The summed E-state index contributed by atoms with van der Waals surface area (Å²) in [7, 11) is 0. The van der Waals surface area contributed by atoms with E-state index in [1.807, 2.05) is 0 Å². The molecule has 4 heteroatoms. The molecule has 1 heterocycles. The Hall–Kier alpha value is 0.256. The second-order valence-electron chi connectivity index (χ2n) is 1.54. The number of rotatable bonds is 1. The third-order valence-electron chi connectivity index (χ3n) is 0.927. The molecule has 0 saturated carbocycles. The van der Waals surface area contributed by atoms with Crippen LogP contribution in [0.4, 0.5) is 0 Å². The van der Waals surface area contributed by atoms with Gasteiger partial charge in [0.1, 0.15) is 0 Å². The maximum atomic E-state index is 10.2. The van der Waals surface area contributed by atoms with Crippen molar-refractivity contribution in [1.82, 2.24) is 4.98 Å². The SMILES string of the molecule is O=C(O)c1ccncc1.[KH]. The molecule has 0 saturated heterocycles. The Morgan fingerprint density at radius 3 is 2.20 bits per heavy atom. The topological polar surface area (TPSA) is 50.2 Å². The minimum absolute atomic E-state index is 0. The van der Waals surface area contributed by atoms with Gasteiger partial charge in [-0.3, -0.25) is 4.98 Å². The second-order valence-corrected chi connectivity index (χ2v) is 1.54. The van der Waals surface area contributed by atoms with E-state index in [2.05, 4.69) is 4.98 Å². The van der Waals surface area contributed by atoms with Crippen LogP contribution in [0, 0.1) is 0 Å². The van der Waals surface area contributed by atoms with E-state index in [-0.39, 0.29) is 56.9 Å². The van der Waals surface area contributed by atoms with Crippen LogP contribution in [0.5, 0.6) is 0 Å². The Morgan fingerprint density at radius 1 is 1.40 bits per heavy atom. The van der Waals surface area contributed by atoms with E-state index in [9.17, 15) is 4.79 Å². The Labute approximate surface area is 101 Å². The molecule has 1 rings (SSSR count). The minimum atomic E-state index is -0.919. The van der Waals surface area contributed by atoms with Crippen LogP contribution in [0.2, 0.25) is 0 Å². The molecule has 0 spiro atoms. The van der Waals surface area contributed by atoms with Gasteiger partial charge in [0.2, 0.25) is 0 Å². The number of nitrogens with zero attached hydrogens (tertiary/aromatic N) is 1. The van der Waals surface area contributed by atoms with Crippen LogP contribution in [0.1, 0.15) is 10.4 Å². The van der Waals surface area contributed by atoms with Crippen LogP contribution in [0.3, 0.4) is 0 Å². The number of carboxylic acid groups (broad SMARTS) is 1. The van der Waals surface area contributed by atoms with Crippen molar-refractivity contribution in [3.05, 3.63) is 30.1 Å². The molecule has 1 aromatic rings. The van der Waals surface area contributed by atoms with Crippen molar-refractivity contribution in [2.24, 2.45) is 0 Å². The summed E-state index contributed by atoms with van der Waals surface area (Å²) in [5.41, 5.74) is 0.269. The Morgan fingerprint density at radius 2 is 1.90 bits per heavy atom. The van der Waals surface area contributed by atoms with Gasteiger partial charge in [0.15, 0.2) is 0 Å². The van der Waals surface area contributed by atoms with Crippen LogP contribution in [0.15, 0.2) is 24.5 Å². The molecule has 48 valence electrons. The third kappa shape index (κ3) is 2.89. The molecule has 0 aliphatic heterocycles. The van der Waals surface area contributed by atoms with E-state index in [1.54, 1.807) is 0 Å². The Balaban J connectivity index is 0.000000810. The van der Waals surface area contributed by atoms with Gasteiger partial charge in [-0.1, -0.05) is 0 Å². The van der Waals surface area contributed by atoms with E-state index in [1.165, 1.54) is 24.5 Å². The zero-order valence-electron chi connectivity index (χ0n) is 4.61. The molecule has 1 aromatic heterocycles. The molecule has 0 amide bonds. The number of hydrogen-bond acceptors (Lipinski definition) is 2. The van der Waals surface area contributed by atoms with Gasteiger partial charge in [-0.15, -0.1) is 0 Å². The fourth-order valence-electron chi connectivity index (χ4n) is 0.494. The first kappa shape index (κ1) is 10.3. The van der Waals surface area contributed by atoms with Crippen molar-refractivity contribution >= 4 is 57.4 Å². The Bertz CT molecular complexity index is 212. The summed E-state index contributed by atoms with van der Waals surface area (Å²) in [6.45, 7) is 0. The molecule has 0 unspecified atom stereocenters. The van der Waals surface area contributed by atoms with Gasteiger partial charge in [0.05, 0.1) is 5.56 Å². The zero-order valence-corrected chi connectivity index (χ0v) is 4.61. The summed E-state index contributed by atoms with van der Waals surface area (Å²) in [5.74, 6) is -0.919. The van der Waals surface area contributed by atoms with Gasteiger partial charge < -0.3 is 5.11 Å². The van der Waals surface area contributed by atoms with Crippen LogP contribution in [0.25, 0.3) is 0 Å². The maximum absolute atomic E-state index is 10.2. The first-order chi connectivity index (χ1) is 4.30. The summed E-state index contributed by atoms with van der Waals surface area (Å²) >= 11 is 0. The third-order valence-corrected chi connectivity index (χ3v) is 0.927. The number of aromatic nitrogens is 1. The normalized spacial score (nSPS) is 8.00. The summed E-state index contributed by atoms with van der Waals surface area (Å²) in [5, 5.41) is 8.36. The van der Waals surface area contributed by atoms with Crippen LogP contribution < -0.4 is 0 Å². The summed E-state index contributed by atoms with van der Waals surface area (Å²) in [6, 6.07) is 2.89. The van der Waals surface area contributed by atoms with Crippen molar-refractivity contribution in [3.8, 4) is 0 Å². The van der Waals surface area contributed by atoms with Crippen molar-refractivity contribution in [1.29, 1.82) is 0 Å². The number of hydrogen-bond donors (Lipinski definition) is 1. The van der Waals surface area contributed by atoms with Crippen LogP contribution in [-0.4, -0.2) is 67.4 Å². The molecule has 0 aliphatic carbocycles. The standard InChI is InChI=1S/C6H5NO2.K.H/c8-6(9)5-1-3-7-4-2-5;;/h1-4H,(H,8,9);;. The molecular weight excluding hydrogens is 157 g/mol. The van der Waals surface area contributed by atoms with Gasteiger partial charge in [-0.05, 0) is 12.1 Å². The molecule has 10 heavy (non-hydrogen) atoms. The van der Waals surface area contributed by atoms with Crippen LogP contribution >= 0.6 is 0 Å². The van der Waals surface area contributed by atoms with Gasteiger partial charge in [0.25, 0.3) is 0 Å². The fourth-order valence-corrected chi connectivity index (χ4v) is 0.494. The van der Waals surface area contributed by atoms with Crippen molar-refractivity contribution in [3.63, 3.8) is 0 Å². The Kier molecular flexibility index (Phi) is 5.11. The van der Waals surface area contributed by atoms with E-state index in [0.29, 0.717) is 0 Å². The molecule has 0 bridgehead atoms. The van der Waals surface area contributed by atoms with Crippen molar-refractivity contribution in [2.75, 3.05) is 0 Å². The molecule has 0 atom stereocenters. The first-order valence-corrected chi connectivity index (χ1v) is 2.44. The van der Waals surface area contributed by atoms with E-state index in [4.69, 9.17) is 5.11 Å².